The van der Waals surface area contributed by atoms with Crippen molar-refractivity contribution >= 4 is 45.0 Å². The largest absolute Gasteiger partial charge is 0.421 e. The Balaban J connectivity index is 0.938. The van der Waals surface area contributed by atoms with Crippen molar-refractivity contribution in [3.05, 3.63) is 65.4 Å². The van der Waals surface area contributed by atoms with Gasteiger partial charge in [0.2, 0.25) is 27.8 Å². The molecule has 7 rings (SSSR count). The molecule has 4 N–H and O–H groups in total. The Morgan fingerprint density at radius 1 is 1.03 bits per heavy atom. The fourth-order valence-corrected chi connectivity index (χ4v) is 9.34. The molecular weight excluding hydrogens is 811 g/mol. The summed E-state index contributed by atoms with van der Waals surface area (Å²) in [7, 11) is -4.42. The van der Waals surface area contributed by atoms with Gasteiger partial charge in [0, 0.05) is 63.1 Å². The molecule has 59 heavy (non-hydrogen) atoms. The lowest BCUT2D eigenvalue weighted by atomic mass is 9.90. The number of benzene rings is 2. The molecule has 1 aromatic heterocycles. The number of carbonyl (C=O) groups excluding carboxylic acids is 2. The van der Waals surface area contributed by atoms with Crippen molar-refractivity contribution in [1.29, 1.82) is 0 Å². The third kappa shape index (κ3) is 9.91. The fraction of sp³-hybridized carbons (Fsp3) is 0.526. The summed E-state index contributed by atoms with van der Waals surface area (Å²) in [5, 5.41) is 15.2. The molecule has 21 heteroatoms. The number of sulfonamides is 1. The highest BCUT2D eigenvalue weighted by atomic mass is 32.2. The molecule has 0 aliphatic carbocycles. The summed E-state index contributed by atoms with van der Waals surface area (Å²) in [6.45, 7) is 3.23. The van der Waals surface area contributed by atoms with Crippen LogP contribution in [0.4, 0.5) is 49.5 Å². The Hall–Kier alpha value is -4.57. The van der Waals surface area contributed by atoms with Crippen molar-refractivity contribution in [1.82, 2.24) is 24.9 Å². The molecule has 14 nitrogen and oxygen atoms in total. The maximum Gasteiger partial charge on any atom is 0.421 e. The number of anilines is 4. The minimum absolute atomic E-state index is 0.0893. The van der Waals surface area contributed by atoms with Crippen LogP contribution in [0.2, 0.25) is 0 Å². The molecular formula is C38H44F6N8O6S. The third-order valence-corrected chi connectivity index (χ3v) is 12.5. The molecule has 4 aliphatic rings. The van der Waals surface area contributed by atoms with Gasteiger partial charge in [0.05, 0.1) is 40.9 Å². The van der Waals surface area contributed by atoms with Crippen LogP contribution in [-0.2, 0) is 30.5 Å². The molecule has 2 aromatic carbocycles. The molecule has 0 spiro atoms. The number of imide groups is 1. The van der Waals surface area contributed by atoms with Gasteiger partial charge in [0.15, 0.2) is 0 Å². The Kier molecular flexibility index (Phi) is 12.1. The number of piperidine rings is 3. The molecule has 3 aromatic rings. The van der Waals surface area contributed by atoms with Crippen LogP contribution in [-0.4, -0.2) is 117 Å². The first-order valence-corrected chi connectivity index (χ1v) is 20.7. The van der Waals surface area contributed by atoms with E-state index in [1.165, 1.54) is 17.9 Å². The molecule has 2 unspecified atom stereocenters. The number of nitrogens with one attached hydrogen (secondary N) is 3. The van der Waals surface area contributed by atoms with E-state index in [9.17, 15) is 36.3 Å². The van der Waals surface area contributed by atoms with Crippen LogP contribution in [0, 0.1) is 11.6 Å². The highest BCUT2D eigenvalue weighted by Crippen LogP contribution is 2.38. The molecule has 320 valence electrons. The predicted molar refractivity (Wildman–Crippen MR) is 202 cm³/mol. The third-order valence-electron chi connectivity index (χ3n) is 11.0. The van der Waals surface area contributed by atoms with E-state index in [2.05, 4.69) is 25.3 Å². The van der Waals surface area contributed by atoms with Gasteiger partial charge in [-0.2, -0.15) is 18.2 Å². The van der Waals surface area contributed by atoms with E-state index in [1.54, 1.807) is 17.0 Å². The van der Waals surface area contributed by atoms with Crippen molar-refractivity contribution < 1.29 is 54.2 Å². The van der Waals surface area contributed by atoms with E-state index in [-0.39, 0.29) is 62.2 Å². The number of aromatic nitrogens is 2. The van der Waals surface area contributed by atoms with E-state index in [0.717, 1.165) is 12.1 Å². The number of amides is 2. The number of rotatable bonds is 10. The van der Waals surface area contributed by atoms with Crippen LogP contribution in [0.25, 0.3) is 0 Å². The Bertz CT molecular complexity index is 2180. The first-order valence-electron chi connectivity index (χ1n) is 19.2. The van der Waals surface area contributed by atoms with E-state index in [1.807, 2.05) is 4.90 Å². The lowest BCUT2D eigenvalue weighted by Crippen LogP contribution is -2.55. The first kappa shape index (κ1) is 42.6. The molecule has 0 radical (unpaired) electrons. The Morgan fingerprint density at radius 3 is 2.53 bits per heavy atom. The van der Waals surface area contributed by atoms with Crippen LogP contribution in [0.15, 0.2) is 47.5 Å². The molecule has 0 bridgehead atoms. The van der Waals surface area contributed by atoms with Crippen LogP contribution in [0.3, 0.4) is 0 Å². The number of hydrogen-bond acceptors (Lipinski definition) is 12. The molecule has 4 fully saturated rings. The summed E-state index contributed by atoms with van der Waals surface area (Å²) in [5.74, 6) is -4.21. The second-order valence-corrected chi connectivity index (χ2v) is 17.4. The lowest BCUT2D eigenvalue weighted by Gasteiger charge is -2.40. The van der Waals surface area contributed by atoms with E-state index < -0.39 is 79.7 Å². The van der Waals surface area contributed by atoms with Gasteiger partial charge in [0.25, 0.3) is 0 Å². The number of β-amino-alcohol motifs (C(OH)–C–C–N with tert-alkyl or cyclic N) is 1. The highest BCUT2D eigenvalue weighted by molar-refractivity contribution is 7.89. The van der Waals surface area contributed by atoms with Crippen molar-refractivity contribution in [3.8, 4) is 0 Å². The zero-order chi connectivity index (χ0) is 42.3. The number of alkyl halides is 4. The monoisotopic (exact) mass is 854 g/mol. The predicted octanol–water partition coefficient (Wildman–Crippen LogP) is 3.98. The van der Waals surface area contributed by atoms with Crippen molar-refractivity contribution in [2.45, 2.75) is 79.9 Å². The fourth-order valence-electron chi connectivity index (χ4n) is 8.03. The van der Waals surface area contributed by atoms with Gasteiger partial charge in [-0.3, -0.25) is 19.8 Å². The highest BCUT2D eigenvalue weighted by Gasteiger charge is 2.40. The average Bonchev–Trinajstić information content (AvgIpc) is 3.16. The number of hydrogen-bond donors (Lipinski definition) is 4. The number of ether oxygens (including phenoxy) is 1. The second-order valence-electron chi connectivity index (χ2n) is 15.7. The minimum Gasteiger partial charge on any atom is -0.388 e. The minimum atomic E-state index is -4.81. The standard InChI is InChI=1S/C38H44F6N8O6S/c1-37(55)10-2-11-52(21-37)34-27(38(42,43)44)17-45-36(48-34)46-31-7-4-24(16-29(31)40)59(56,57)49-32-9-12-50(20-30(32)41)18-23-19-51(13-14-58-23)22-3-5-25(28(39)15-22)26-6-8-33(53)47-35(26)54/h3-5,7,15-17,23,26,30,32,49,55H,2,6,8-14,18-21H2,1H3,(H,45,46,48)(H,47,53,54)/t23?,26?,30-,32+,37-/m0/s1. The summed E-state index contributed by atoms with van der Waals surface area (Å²) >= 11 is 0. The maximum atomic E-state index is 15.5. The van der Waals surface area contributed by atoms with Crippen molar-refractivity contribution in [2.24, 2.45) is 0 Å². The van der Waals surface area contributed by atoms with Gasteiger partial charge in [0.1, 0.15) is 29.2 Å². The Labute approximate surface area is 336 Å². The molecule has 5 heterocycles. The summed E-state index contributed by atoms with van der Waals surface area (Å²) in [4.78, 5) is 36.0. The van der Waals surface area contributed by atoms with E-state index in [4.69, 9.17) is 4.74 Å². The number of morpholine rings is 1. The van der Waals surface area contributed by atoms with Gasteiger partial charge in [-0.15, -0.1) is 0 Å². The van der Waals surface area contributed by atoms with Gasteiger partial charge in [-0.1, -0.05) is 6.07 Å². The normalized spacial score (nSPS) is 26.2. The smallest absolute Gasteiger partial charge is 0.388 e. The number of likely N-dealkylation sites (tertiary alicyclic amines) is 1. The average molecular weight is 855 g/mol. The quantitative estimate of drug-likeness (QED) is 0.171. The van der Waals surface area contributed by atoms with E-state index in [0.29, 0.717) is 63.6 Å². The number of halogens is 6. The van der Waals surface area contributed by atoms with Gasteiger partial charge < -0.3 is 25.0 Å². The number of aliphatic hydroxyl groups is 1. The Morgan fingerprint density at radius 2 is 1.83 bits per heavy atom. The van der Waals surface area contributed by atoms with Crippen LogP contribution >= 0.6 is 0 Å². The summed E-state index contributed by atoms with van der Waals surface area (Å²) in [6, 6.07) is 6.29. The lowest BCUT2D eigenvalue weighted by molar-refractivity contribution is -0.138. The molecule has 4 aliphatic heterocycles. The molecule has 5 atom stereocenters. The van der Waals surface area contributed by atoms with Crippen LogP contribution in [0.5, 0.6) is 0 Å². The SMILES string of the molecule is C[C@]1(O)CCCN(c2nc(Nc3ccc(S(=O)(=O)N[C@@H]4CCN(CC5CN(c6ccc(C7CCC(=O)NC7=O)c(F)c6)CCO5)C[C@@H]4F)cc3F)ncc2C(F)(F)F)C1. The molecule has 2 amide bonds. The van der Waals surface area contributed by atoms with E-state index >= 15 is 13.2 Å². The zero-order valence-corrected chi connectivity index (χ0v) is 32.8. The van der Waals surface area contributed by atoms with Crippen LogP contribution in [0.1, 0.15) is 56.1 Å². The summed E-state index contributed by atoms with van der Waals surface area (Å²) in [6.07, 6.45) is -5.03. The second kappa shape index (κ2) is 16.8. The number of carbonyl (C=O) groups is 2. The summed E-state index contributed by atoms with van der Waals surface area (Å²) < 4.78 is 122. The molecule has 4 saturated heterocycles. The summed E-state index contributed by atoms with van der Waals surface area (Å²) in [5.41, 5.74) is -1.92. The maximum absolute atomic E-state index is 15.5. The van der Waals surface area contributed by atoms with Gasteiger partial charge in [-0.25, -0.2) is 31.3 Å². The topological polar surface area (TPSA) is 169 Å². The van der Waals surface area contributed by atoms with Gasteiger partial charge in [-0.05, 0) is 69.5 Å². The van der Waals surface area contributed by atoms with Gasteiger partial charge >= 0.3 is 6.18 Å². The zero-order valence-electron chi connectivity index (χ0n) is 31.9. The number of nitrogens with zero attached hydrogens (tertiary/aromatic N) is 5. The van der Waals surface area contributed by atoms with Crippen molar-refractivity contribution in [3.63, 3.8) is 0 Å². The van der Waals surface area contributed by atoms with Crippen LogP contribution < -0.4 is 25.2 Å². The van der Waals surface area contributed by atoms with Crippen molar-refractivity contribution in [2.75, 3.05) is 67.5 Å². The first-order chi connectivity index (χ1) is 27.8. The molecule has 0 saturated carbocycles.